The van der Waals surface area contributed by atoms with Crippen LogP contribution in [0.3, 0.4) is 0 Å². The Morgan fingerprint density at radius 1 is 1.26 bits per heavy atom. The SMILES string of the molecule is NCc1cccc(C(=O)N2CCc3ccc(S(N)(=O)=O)cc32)n1. The van der Waals surface area contributed by atoms with Crippen LogP contribution in [-0.2, 0) is 23.0 Å². The number of rotatable bonds is 3. The molecule has 0 saturated heterocycles. The number of fused-ring (bicyclic) bond motifs is 1. The molecular weight excluding hydrogens is 316 g/mol. The summed E-state index contributed by atoms with van der Waals surface area (Å²) in [6.45, 7) is 0.712. The van der Waals surface area contributed by atoms with Crippen LogP contribution in [0.2, 0.25) is 0 Å². The van der Waals surface area contributed by atoms with Gasteiger partial charge in [-0.1, -0.05) is 12.1 Å². The summed E-state index contributed by atoms with van der Waals surface area (Å²) in [7, 11) is -3.82. The average molecular weight is 332 g/mol. The van der Waals surface area contributed by atoms with Gasteiger partial charge < -0.3 is 10.6 Å². The van der Waals surface area contributed by atoms with E-state index >= 15 is 0 Å². The summed E-state index contributed by atoms with van der Waals surface area (Å²) in [5.41, 5.74) is 7.91. The number of sulfonamides is 1. The van der Waals surface area contributed by atoms with E-state index < -0.39 is 10.0 Å². The monoisotopic (exact) mass is 332 g/mol. The molecule has 0 bridgehead atoms. The Kier molecular flexibility index (Phi) is 3.88. The van der Waals surface area contributed by atoms with Crippen LogP contribution in [0.15, 0.2) is 41.3 Å². The van der Waals surface area contributed by atoms with Crippen molar-refractivity contribution in [2.24, 2.45) is 10.9 Å². The maximum absolute atomic E-state index is 12.7. The minimum atomic E-state index is -3.82. The topological polar surface area (TPSA) is 119 Å². The fraction of sp³-hybridized carbons (Fsp3) is 0.200. The van der Waals surface area contributed by atoms with Gasteiger partial charge in [0.2, 0.25) is 10.0 Å². The Labute approximate surface area is 134 Å². The number of amides is 1. The van der Waals surface area contributed by atoms with Crippen LogP contribution >= 0.6 is 0 Å². The molecule has 23 heavy (non-hydrogen) atoms. The number of carbonyl (C=O) groups excluding carboxylic acids is 1. The number of hydrogen-bond donors (Lipinski definition) is 2. The van der Waals surface area contributed by atoms with E-state index in [0.717, 1.165) is 5.56 Å². The van der Waals surface area contributed by atoms with Crippen LogP contribution < -0.4 is 15.8 Å². The van der Waals surface area contributed by atoms with E-state index in [1.54, 1.807) is 24.3 Å². The molecule has 1 amide bonds. The zero-order valence-corrected chi connectivity index (χ0v) is 13.1. The fourth-order valence-electron chi connectivity index (χ4n) is 2.60. The lowest BCUT2D eigenvalue weighted by Gasteiger charge is -2.17. The van der Waals surface area contributed by atoms with Gasteiger partial charge in [0.25, 0.3) is 5.91 Å². The predicted octanol–water partition coefficient (Wildman–Crippen LogP) is 0.391. The first-order chi connectivity index (χ1) is 10.9. The van der Waals surface area contributed by atoms with E-state index in [2.05, 4.69) is 4.98 Å². The van der Waals surface area contributed by atoms with Crippen molar-refractivity contribution in [2.45, 2.75) is 17.9 Å². The number of anilines is 1. The summed E-state index contributed by atoms with van der Waals surface area (Å²) in [4.78, 5) is 18.4. The number of aromatic nitrogens is 1. The number of carbonyl (C=O) groups is 1. The van der Waals surface area contributed by atoms with Gasteiger partial charge in [-0.05, 0) is 36.2 Å². The van der Waals surface area contributed by atoms with Gasteiger partial charge in [-0.3, -0.25) is 4.79 Å². The number of nitrogens with two attached hydrogens (primary N) is 2. The lowest BCUT2D eigenvalue weighted by Crippen LogP contribution is -2.30. The van der Waals surface area contributed by atoms with Crippen LogP contribution in [0.4, 0.5) is 5.69 Å². The highest BCUT2D eigenvalue weighted by Crippen LogP contribution is 2.31. The second-order valence-corrected chi connectivity index (χ2v) is 6.82. The summed E-state index contributed by atoms with van der Waals surface area (Å²) in [5.74, 6) is -0.286. The molecule has 0 unspecified atom stereocenters. The van der Waals surface area contributed by atoms with E-state index in [1.165, 1.54) is 17.0 Å². The third-order valence-corrected chi connectivity index (χ3v) is 4.67. The first-order valence-corrected chi connectivity index (χ1v) is 8.58. The Bertz CT molecular complexity index is 880. The minimum Gasteiger partial charge on any atom is -0.325 e. The van der Waals surface area contributed by atoms with Crippen molar-refractivity contribution in [3.8, 4) is 0 Å². The lowest BCUT2D eigenvalue weighted by molar-refractivity contribution is 0.0984. The molecule has 4 N–H and O–H groups in total. The highest BCUT2D eigenvalue weighted by atomic mass is 32.2. The van der Waals surface area contributed by atoms with Gasteiger partial charge in [-0.15, -0.1) is 0 Å². The molecule has 7 nitrogen and oxygen atoms in total. The van der Waals surface area contributed by atoms with Gasteiger partial charge >= 0.3 is 0 Å². The van der Waals surface area contributed by atoms with Crippen molar-refractivity contribution in [3.63, 3.8) is 0 Å². The van der Waals surface area contributed by atoms with E-state index in [9.17, 15) is 13.2 Å². The number of primary sulfonamides is 1. The summed E-state index contributed by atoms with van der Waals surface area (Å²) >= 11 is 0. The molecule has 3 rings (SSSR count). The largest absolute Gasteiger partial charge is 0.325 e. The molecule has 0 radical (unpaired) electrons. The molecule has 1 aliphatic rings. The molecule has 1 aromatic heterocycles. The van der Waals surface area contributed by atoms with Gasteiger partial charge in [0, 0.05) is 18.8 Å². The van der Waals surface area contributed by atoms with E-state index in [4.69, 9.17) is 10.9 Å². The Morgan fingerprint density at radius 3 is 2.74 bits per heavy atom. The third-order valence-electron chi connectivity index (χ3n) is 3.76. The van der Waals surface area contributed by atoms with Crippen LogP contribution in [-0.4, -0.2) is 25.9 Å². The summed E-state index contributed by atoms with van der Waals surface area (Å²) < 4.78 is 23.0. The van der Waals surface area contributed by atoms with Gasteiger partial charge in [0.15, 0.2) is 0 Å². The highest BCUT2D eigenvalue weighted by molar-refractivity contribution is 7.89. The highest BCUT2D eigenvalue weighted by Gasteiger charge is 2.27. The maximum Gasteiger partial charge on any atom is 0.276 e. The summed E-state index contributed by atoms with van der Waals surface area (Å²) in [5, 5.41) is 5.16. The molecule has 0 fully saturated rings. The fourth-order valence-corrected chi connectivity index (χ4v) is 3.13. The molecule has 2 heterocycles. The molecule has 8 heteroatoms. The van der Waals surface area contributed by atoms with Crippen LogP contribution in [0, 0.1) is 0 Å². The summed E-state index contributed by atoms with van der Waals surface area (Å²) in [6, 6.07) is 9.65. The lowest BCUT2D eigenvalue weighted by atomic mass is 10.2. The molecule has 0 aliphatic carbocycles. The van der Waals surface area contributed by atoms with Crippen molar-refractivity contribution in [2.75, 3.05) is 11.4 Å². The Morgan fingerprint density at radius 2 is 2.04 bits per heavy atom. The molecule has 1 aliphatic heterocycles. The van der Waals surface area contributed by atoms with Crippen molar-refractivity contribution in [1.29, 1.82) is 0 Å². The third kappa shape index (κ3) is 2.96. The van der Waals surface area contributed by atoms with Gasteiger partial charge in [-0.2, -0.15) is 0 Å². The number of benzene rings is 1. The van der Waals surface area contributed by atoms with Crippen LogP contribution in [0.5, 0.6) is 0 Å². The number of hydrogen-bond acceptors (Lipinski definition) is 5. The Balaban J connectivity index is 1.99. The van der Waals surface area contributed by atoms with Crippen molar-refractivity contribution < 1.29 is 13.2 Å². The molecular formula is C15H16N4O3S. The first kappa shape index (κ1) is 15.6. The molecule has 120 valence electrons. The van der Waals surface area contributed by atoms with Gasteiger partial charge in [0.1, 0.15) is 5.69 Å². The zero-order chi connectivity index (χ0) is 16.6. The maximum atomic E-state index is 12.7. The first-order valence-electron chi connectivity index (χ1n) is 7.04. The number of pyridine rings is 1. The number of nitrogens with zero attached hydrogens (tertiary/aromatic N) is 2. The second-order valence-electron chi connectivity index (χ2n) is 5.26. The normalized spacial score (nSPS) is 13.9. The standard InChI is InChI=1S/C15H16N4O3S/c16-9-11-2-1-3-13(18-11)15(20)19-7-6-10-4-5-12(8-14(10)19)23(17,21)22/h1-5,8H,6-7,9,16H2,(H2,17,21,22). The van der Waals surface area contributed by atoms with Crippen LogP contribution in [0.25, 0.3) is 0 Å². The molecule has 1 aromatic carbocycles. The van der Waals surface area contributed by atoms with Gasteiger partial charge in [0.05, 0.1) is 10.6 Å². The zero-order valence-electron chi connectivity index (χ0n) is 12.3. The van der Waals surface area contributed by atoms with E-state index in [0.29, 0.717) is 24.3 Å². The van der Waals surface area contributed by atoms with Crippen LogP contribution in [0.1, 0.15) is 21.7 Å². The molecule has 0 atom stereocenters. The van der Waals surface area contributed by atoms with Crippen molar-refractivity contribution in [1.82, 2.24) is 4.98 Å². The summed E-state index contributed by atoms with van der Waals surface area (Å²) in [6.07, 6.45) is 0.655. The molecule has 2 aromatic rings. The molecule has 0 saturated carbocycles. The van der Waals surface area contributed by atoms with Crippen molar-refractivity contribution in [3.05, 3.63) is 53.3 Å². The minimum absolute atomic E-state index is 0.0142. The van der Waals surface area contributed by atoms with Crippen molar-refractivity contribution >= 4 is 21.6 Å². The predicted molar refractivity (Wildman–Crippen MR) is 85.3 cm³/mol. The average Bonchev–Trinajstić information content (AvgIpc) is 2.96. The second kappa shape index (κ2) is 5.73. The van der Waals surface area contributed by atoms with E-state index in [1.807, 2.05) is 0 Å². The van der Waals surface area contributed by atoms with E-state index in [-0.39, 0.29) is 23.0 Å². The quantitative estimate of drug-likeness (QED) is 0.842. The Hall–Kier alpha value is -2.29. The smallest absolute Gasteiger partial charge is 0.276 e. The van der Waals surface area contributed by atoms with Gasteiger partial charge in [-0.25, -0.2) is 18.5 Å². The molecule has 0 spiro atoms.